The van der Waals surface area contributed by atoms with Crippen molar-refractivity contribution in [3.8, 4) is 11.1 Å². The molecule has 4 nitrogen and oxygen atoms in total. The minimum atomic E-state index is -1.48. The molecule has 2 N–H and O–H groups in total. The molecule has 3 rings (SSSR count). The van der Waals surface area contributed by atoms with Gasteiger partial charge in [0.05, 0.1) is 18.1 Å². The van der Waals surface area contributed by atoms with Crippen LogP contribution in [0.3, 0.4) is 0 Å². The second kappa shape index (κ2) is 7.27. The first-order valence-corrected chi connectivity index (χ1v) is 7.59. The van der Waals surface area contributed by atoms with E-state index in [1.807, 2.05) is 6.07 Å². The third-order valence-electron chi connectivity index (χ3n) is 3.77. The van der Waals surface area contributed by atoms with Gasteiger partial charge in [-0.1, -0.05) is 18.2 Å². The van der Waals surface area contributed by atoms with Crippen molar-refractivity contribution in [1.29, 1.82) is 0 Å². The number of nitrogens with one attached hydrogen (secondary N) is 1. The Morgan fingerprint density at radius 1 is 1.08 bits per heavy atom. The fourth-order valence-corrected chi connectivity index (χ4v) is 2.49. The number of furan rings is 1. The Kier molecular flexibility index (Phi) is 4.90. The molecule has 0 aliphatic heterocycles. The predicted molar refractivity (Wildman–Crippen MR) is 87.8 cm³/mol. The van der Waals surface area contributed by atoms with E-state index in [2.05, 4.69) is 5.32 Å². The van der Waals surface area contributed by atoms with Crippen LogP contribution in [0.5, 0.6) is 0 Å². The molecule has 0 fully saturated rings. The number of carbonyl (C=O) groups is 1. The summed E-state index contributed by atoms with van der Waals surface area (Å²) in [7, 11) is 0. The summed E-state index contributed by atoms with van der Waals surface area (Å²) in [6, 6.07) is 11.9. The van der Waals surface area contributed by atoms with Crippen LogP contribution in [0.2, 0.25) is 0 Å². The van der Waals surface area contributed by atoms with Gasteiger partial charge in [0, 0.05) is 17.7 Å². The van der Waals surface area contributed by atoms with Gasteiger partial charge in [-0.2, -0.15) is 0 Å². The van der Waals surface area contributed by atoms with Crippen molar-refractivity contribution in [2.24, 2.45) is 0 Å². The van der Waals surface area contributed by atoms with Crippen molar-refractivity contribution in [1.82, 2.24) is 5.32 Å². The van der Waals surface area contributed by atoms with Gasteiger partial charge in [0.15, 0.2) is 0 Å². The van der Waals surface area contributed by atoms with Crippen molar-refractivity contribution >= 4 is 5.91 Å². The molecule has 0 bridgehead atoms. The third-order valence-corrected chi connectivity index (χ3v) is 3.77. The van der Waals surface area contributed by atoms with Gasteiger partial charge in [-0.3, -0.25) is 4.79 Å². The zero-order valence-corrected chi connectivity index (χ0v) is 13.1. The second-order valence-electron chi connectivity index (χ2n) is 5.45. The van der Waals surface area contributed by atoms with Crippen LogP contribution in [0.1, 0.15) is 22.0 Å². The maximum absolute atomic E-state index is 13.6. The van der Waals surface area contributed by atoms with Gasteiger partial charge in [0.1, 0.15) is 17.7 Å². The van der Waals surface area contributed by atoms with Gasteiger partial charge in [-0.25, -0.2) is 8.78 Å². The van der Waals surface area contributed by atoms with Gasteiger partial charge in [-0.15, -0.1) is 0 Å². The number of aliphatic hydroxyl groups excluding tert-OH is 1. The molecule has 25 heavy (non-hydrogen) atoms. The maximum Gasteiger partial charge on any atom is 0.251 e. The molecule has 0 radical (unpaired) electrons. The van der Waals surface area contributed by atoms with Gasteiger partial charge in [0.2, 0.25) is 0 Å². The van der Waals surface area contributed by atoms with Crippen LogP contribution >= 0.6 is 0 Å². The van der Waals surface area contributed by atoms with E-state index in [0.29, 0.717) is 5.56 Å². The Labute approximate surface area is 142 Å². The van der Waals surface area contributed by atoms with Crippen LogP contribution in [-0.4, -0.2) is 17.6 Å². The summed E-state index contributed by atoms with van der Waals surface area (Å²) in [5.41, 5.74) is 1.51. The highest BCUT2D eigenvalue weighted by Crippen LogP contribution is 2.22. The number of benzene rings is 2. The fraction of sp³-hybridized carbons (Fsp3) is 0.105. The second-order valence-corrected chi connectivity index (χ2v) is 5.45. The first-order valence-electron chi connectivity index (χ1n) is 7.59. The average Bonchev–Trinajstić information content (AvgIpc) is 3.14. The fourth-order valence-electron chi connectivity index (χ4n) is 2.49. The smallest absolute Gasteiger partial charge is 0.251 e. The zero-order valence-electron chi connectivity index (χ0n) is 13.1. The summed E-state index contributed by atoms with van der Waals surface area (Å²) in [6.45, 7) is -0.313. The first-order chi connectivity index (χ1) is 12.1. The Hall–Kier alpha value is -2.99. The summed E-state index contributed by atoms with van der Waals surface area (Å²) in [4.78, 5) is 12.2. The lowest BCUT2D eigenvalue weighted by molar-refractivity contribution is 0.0911. The van der Waals surface area contributed by atoms with E-state index >= 15 is 0 Å². The van der Waals surface area contributed by atoms with Gasteiger partial charge < -0.3 is 14.8 Å². The average molecular weight is 343 g/mol. The van der Waals surface area contributed by atoms with E-state index in [1.165, 1.54) is 12.3 Å². The van der Waals surface area contributed by atoms with E-state index in [-0.39, 0.29) is 6.54 Å². The van der Waals surface area contributed by atoms with Crippen molar-refractivity contribution in [3.63, 3.8) is 0 Å². The molecule has 128 valence electrons. The van der Waals surface area contributed by atoms with E-state index in [0.717, 1.165) is 23.3 Å². The molecule has 0 saturated carbocycles. The van der Waals surface area contributed by atoms with Crippen LogP contribution in [0.4, 0.5) is 8.78 Å². The lowest BCUT2D eigenvalue weighted by atomic mass is 10.0. The number of hydrogen-bond acceptors (Lipinski definition) is 3. The summed E-state index contributed by atoms with van der Waals surface area (Å²) in [5, 5.41) is 12.5. The van der Waals surface area contributed by atoms with Crippen LogP contribution in [0.25, 0.3) is 11.1 Å². The molecule has 1 aromatic heterocycles. The lowest BCUT2D eigenvalue weighted by Gasteiger charge is -2.14. The van der Waals surface area contributed by atoms with Crippen LogP contribution < -0.4 is 5.32 Å². The topological polar surface area (TPSA) is 62.5 Å². The normalized spacial score (nSPS) is 12.0. The lowest BCUT2D eigenvalue weighted by Crippen LogP contribution is -2.29. The maximum atomic E-state index is 13.6. The molecular formula is C19H15F2NO3. The number of aliphatic hydroxyl groups is 1. The van der Waals surface area contributed by atoms with Crippen molar-refractivity contribution < 1.29 is 23.1 Å². The zero-order chi connectivity index (χ0) is 17.8. The molecule has 1 atom stereocenters. The summed E-state index contributed by atoms with van der Waals surface area (Å²) < 4.78 is 32.3. The molecule has 0 spiro atoms. The van der Waals surface area contributed by atoms with Crippen molar-refractivity contribution in [3.05, 3.63) is 83.8 Å². The molecule has 6 heteroatoms. The van der Waals surface area contributed by atoms with E-state index in [9.17, 15) is 18.7 Å². The monoisotopic (exact) mass is 343 g/mol. The van der Waals surface area contributed by atoms with Crippen molar-refractivity contribution in [2.45, 2.75) is 6.10 Å². The Bertz CT molecular complexity index is 858. The minimum Gasteiger partial charge on any atom is -0.472 e. The molecule has 3 aromatic rings. The van der Waals surface area contributed by atoms with E-state index in [1.54, 1.807) is 30.5 Å². The largest absolute Gasteiger partial charge is 0.472 e. The number of amides is 1. The highest BCUT2D eigenvalue weighted by Gasteiger charge is 2.18. The van der Waals surface area contributed by atoms with Crippen LogP contribution in [0.15, 0.2) is 65.5 Å². The Balaban J connectivity index is 1.70. The van der Waals surface area contributed by atoms with Gasteiger partial charge in [0.25, 0.3) is 5.91 Å². The molecule has 0 saturated heterocycles. The van der Waals surface area contributed by atoms with Gasteiger partial charge >= 0.3 is 0 Å². The van der Waals surface area contributed by atoms with Crippen molar-refractivity contribution in [2.75, 3.05) is 6.54 Å². The molecule has 1 heterocycles. The first kappa shape index (κ1) is 16.9. The van der Waals surface area contributed by atoms with Gasteiger partial charge in [-0.05, 0) is 35.9 Å². The highest BCUT2D eigenvalue weighted by atomic mass is 19.1. The summed E-state index contributed by atoms with van der Waals surface area (Å²) >= 11 is 0. The van der Waals surface area contributed by atoms with E-state index < -0.39 is 29.2 Å². The van der Waals surface area contributed by atoms with E-state index in [4.69, 9.17) is 4.42 Å². The number of hydrogen-bond donors (Lipinski definition) is 2. The highest BCUT2D eigenvalue weighted by molar-refractivity contribution is 5.95. The molecular weight excluding hydrogens is 328 g/mol. The standard InChI is InChI=1S/C19H15F2NO3/c20-15-5-2-6-16(21)18(15)17(23)10-22-19(24)13-4-1-3-12(9-13)14-7-8-25-11-14/h1-9,11,17,23H,10H2,(H,22,24). The molecule has 0 aliphatic carbocycles. The SMILES string of the molecule is O=C(NCC(O)c1c(F)cccc1F)c1cccc(-c2ccoc2)c1. The third kappa shape index (κ3) is 3.75. The number of rotatable bonds is 5. The number of carbonyl (C=O) groups excluding carboxylic acids is 1. The van der Waals surface area contributed by atoms with Crippen LogP contribution in [-0.2, 0) is 0 Å². The predicted octanol–water partition coefficient (Wildman–Crippen LogP) is 3.69. The quantitative estimate of drug-likeness (QED) is 0.743. The molecule has 1 amide bonds. The molecule has 2 aromatic carbocycles. The Morgan fingerprint density at radius 2 is 1.80 bits per heavy atom. The van der Waals surface area contributed by atoms with Crippen LogP contribution in [0, 0.1) is 11.6 Å². The summed E-state index contributed by atoms with van der Waals surface area (Å²) in [5.74, 6) is -2.17. The molecule has 1 unspecified atom stereocenters. The molecule has 0 aliphatic rings. The number of halogens is 2. The summed E-state index contributed by atoms with van der Waals surface area (Å²) in [6.07, 6.45) is 1.60. The Morgan fingerprint density at radius 3 is 2.48 bits per heavy atom. The minimum absolute atomic E-state index is 0.313.